The minimum absolute atomic E-state index is 0.0906. The molecular weight excluding hydrogens is 396 g/mol. The maximum absolute atomic E-state index is 13.7. The summed E-state index contributed by atoms with van der Waals surface area (Å²) in [4.78, 5) is 14.2. The van der Waals surface area contributed by atoms with Gasteiger partial charge in [-0.3, -0.25) is 9.69 Å². The summed E-state index contributed by atoms with van der Waals surface area (Å²) in [6.45, 7) is 2.96. The van der Waals surface area contributed by atoms with Crippen LogP contribution in [-0.4, -0.2) is 55.8 Å². The Morgan fingerprint density at radius 3 is 2.48 bits per heavy atom. The smallest absolute Gasteiger partial charge is 0.252 e. The SMILES string of the molecule is C[C@@H](C(=O)Nc1ccc(F)cc1F)N1CCN(S(=O)(=O)c2cccs2)CC1. The van der Waals surface area contributed by atoms with Crippen molar-refractivity contribution in [2.75, 3.05) is 31.5 Å². The highest BCUT2D eigenvalue weighted by Crippen LogP contribution is 2.23. The first-order valence-corrected chi connectivity index (χ1v) is 10.6. The van der Waals surface area contributed by atoms with Crippen LogP contribution in [0.25, 0.3) is 0 Å². The molecule has 0 saturated carbocycles. The number of hydrogen-bond donors (Lipinski definition) is 1. The Morgan fingerprint density at radius 2 is 1.89 bits per heavy atom. The van der Waals surface area contributed by atoms with Gasteiger partial charge in [-0.15, -0.1) is 11.3 Å². The summed E-state index contributed by atoms with van der Waals surface area (Å²) >= 11 is 1.17. The molecule has 0 radical (unpaired) electrons. The van der Waals surface area contributed by atoms with E-state index >= 15 is 0 Å². The maximum atomic E-state index is 13.7. The minimum atomic E-state index is -3.51. The lowest BCUT2D eigenvalue weighted by atomic mass is 10.2. The number of benzene rings is 1. The van der Waals surface area contributed by atoms with Crippen molar-refractivity contribution in [2.24, 2.45) is 0 Å². The Kier molecular flexibility index (Phi) is 5.89. The molecule has 0 bridgehead atoms. The molecule has 1 saturated heterocycles. The van der Waals surface area contributed by atoms with Crippen LogP contribution in [0.2, 0.25) is 0 Å². The predicted molar refractivity (Wildman–Crippen MR) is 99.1 cm³/mol. The summed E-state index contributed by atoms with van der Waals surface area (Å²) in [6.07, 6.45) is 0. The summed E-state index contributed by atoms with van der Waals surface area (Å²) < 4.78 is 53.4. The fraction of sp³-hybridized carbons (Fsp3) is 0.353. The molecule has 10 heteroatoms. The molecule has 27 heavy (non-hydrogen) atoms. The zero-order valence-corrected chi connectivity index (χ0v) is 16.2. The van der Waals surface area contributed by atoms with Crippen molar-refractivity contribution in [1.29, 1.82) is 0 Å². The summed E-state index contributed by atoms with van der Waals surface area (Å²) in [5.74, 6) is -2.00. The van der Waals surface area contributed by atoms with Gasteiger partial charge in [0, 0.05) is 32.2 Å². The van der Waals surface area contributed by atoms with Crippen molar-refractivity contribution < 1.29 is 22.0 Å². The van der Waals surface area contributed by atoms with Crippen LogP contribution in [0.1, 0.15) is 6.92 Å². The molecule has 1 fully saturated rings. The van der Waals surface area contributed by atoms with E-state index in [0.29, 0.717) is 23.4 Å². The van der Waals surface area contributed by atoms with Crippen molar-refractivity contribution in [1.82, 2.24) is 9.21 Å². The highest BCUT2D eigenvalue weighted by atomic mass is 32.2. The van der Waals surface area contributed by atoms with E-state index in [1.54, 1.807) is 24.4 Å². The topological polar surface area (TPSA) is 69.7 Å². The van der Waals surface area contributed by atoms with E-state index in [1.165, 1.54) is 21.7 Å². The van der Waals surface area contributed by atoms with E-state index in [-0.39, 0.29) is 18.8 Å². The zero-order chi connectivity index (χ0) is 19.6. The average Bonchev–Trinajstić information content (AvgIpc) is 3.19. The third-order valence-electron chi connectivity index (χ3n) is 4.48. The number of anilines is 1. The number of sulfonamides is 1. The van der Waals surface area contributed by atoms with E-state index in [4.69, 9.17) is 0 Å². The normalized spacial score (nSPS) is 17.6. The minimum Gasteiger partial charge on any atom is -0.322 e. The van der Waals surface area contributed by atoms with E-state index in [9.17, 15) is 22.0 Å². The lowest BCUT2D eigenvalue weighted by Gasteiger charge is -2.36. The number of piperazine rings is 1. The van der Waals surface area contributed by atoms with Crippen LogP contribution < -0.4 is 5.32 Å². The molecule has 3 rings (SSSR count). The Bertz CT molecular complexity index is 912. The molecule has 1 aromatic heterocycles. The molecule has 1 aromatic carbocycles. The van der Waals surface area contributed by atoms with Gasteiger partial charge >= 0.3 is 0 Å². The standard InChI is InChI=1S/C17H19F2N3O3S2/c1-12(17(23)20-15-5-4-13(18)11-14(15)19)21-6-8-22(9-7-21)27(24,25)16-3-2-10-26-16/h2-5,10-12H,6-9H2,1H3,(H,20,23)/t12-/m0/s1. The highest BCUT2D eigenvalue weighted by molar-refractivity contribution is 7.91. The van der Waals surface area contributed by atoms with Gasteiger partial charge in [0.15, 0.2) is 0 Å². The number of amides is 1. The third kappa shape index (κ3) is 4.34. The molecule has 0 aliphatic carbocycles. The van der Waals surface area contributed by atoms with E-state index < -0.39 is 33.6 Å². The summed E-state index contributed by atoms with van der Waals surface area (Å²) in [6, 6.07) is 5.61. The van der Waals surface area contributed by atoms with Crippen LogP contribution in [0, 0.1) is 11.6 Å². The van der Waals surface area contributed by atoms with E-state index in [0.717, 1.165) is 6.07 Å². The average molecular weight is 415 g/mol. The molecule has 1 aliphatic heterocycles. The summed E-state index contributed by atoms with van der Waals surface area (Å²) in [5.41, 5.74) is -0.0906. The molecular formula is C17H19F2N3O3S2. The highest BCUT2D eigenvalue weighted by Gasteiger charge is 2.32. The molecule has 1 amide bonds. The number of nitrogens with zero attached hydrogens (tertiary/aromatic N) is 2. The van der Waals surface area contributed by atoms with Gasteiger partial charge in [-0.2, -0.15) is 4.31 Å². The number of hydrogen-bond acceptors (Lipinski definition) is 5. The van der Waals surface area contributed by atoms with Crippen LogP contribution in [0.15, 0.2) is 39.9 Å². The first kappa shape index (κ1) is 19.9. The van der Waals surface area contributed by atoms with Gasteiger partial charge in [0.2, 0.25) is 5.91 Å². The summed E-state index contributed by atoms with van der Waals surface area (Å²) in [5, 5.41) is 4.16. The quantitative estimate of drug-likeness (QED) is 0.814. The lowest BCUT2D eigenvalue weighted by Crippen LogP contribution is -2.53. The molecule has 1 N–H and O–H groups in total. The summed E-state index contributed by atoms with van der Waals surface area (Å²) in [7, 11) is -3.51. The van der Waals surface area contributed by atoms with Crippen LogP contribution in [0.4, 0.5) is 14.5 Å². The van der Waals surface area contributed by atoms with Crippen LogP contribution in [-0.2, 0) is 14.8 Å². The number of carbonyl (C=O) groups is 1. The predicted octanol–water partition coefficient (Wildman–Crippen LogP) is 2.36. The van der Waals surface area contributed by atoms with Gasteiger partial charge in [0.05, 0.1) is 11.7 Å². The number of rotatable bonds is 5. The van der Waals surface area contributed by atoms with Crippen molar-refractivity contribution in [3.63, 3.8) is 0 Å². The third-order valence-corrected chi connectivity index (χ3v) is 7.75. The Balaban J connectivity index is 1.59. The van der Waals surface area contributed by atoms with Crippen molar-refractivity contribution in [3.8, 4) is 0 Å². The van der Waals surface area contributed by atoms with Gasteiger partial charge in [-0.1, -0.05) is 6.07 Å². The molecule has 0 unspecified atom stereocenters. The first-order valence-electron chi connectivity index (χ1n) is 8.32. The van der Waals surface area contributed by atoms with Crippen molar-refractivity contribution in [2.45, 2.75) is 17.2 Å². The molecule has 1 aliphatic rings. The molecule has 6 nitrogen and oxygen atoms in total. The zero-order valence-electron chi connectivity index (χ0n) is 14.6. The Hall–Kier alpha value is -1.88. The number of carbonyl (C=O) groups excluding carboxylic acids is 1. The first-order chi connectivity index (χ1) is 12.8. The van der Waals surface area contributed by atoms with Crippen molar-refractivity contribution >= 4 is 33.0 Å². The molecule has 2 aromatic rings. The lowest BCUT2D eigenvalue weighted by molar-refractivity contribution is -0.121. The molecule has 0 spiro atoms. The van der Waals surface area contributed by atoms with Gasteiger partial charge in [0.1, 0.15) is 15.8 Å². The monoisotopic (exact) mass is 415 g/mol. The molecule has 146 valence electrons. The second-order valence-electron chi connectivity index (χ2n) is 6.16. The largest absolute Gasteiger partial charge is 0.322 e. The number of nitrogens with one attached hydrogen (secondary N) is 1. The van der Waals surface area contributed by atoms with Crippen molar-refractivity contribution in [3.05, 3.63) is 47.3 Å². The Morgan fingerprint density at radius 1 is 1.19 bits per heavy atom. The number of thiophene rings is 1. The molecule has 1 atom stereocenters. The second-order valence-corrected chi connectivity index (χ2v) is 9.27. The van der Waals surface area contributed by atoms with Gasteiger partial charge in [-0.25, -0.2) is 17.2 Å². The maximum Gasteiger partial charge on any atom is 0.252 e. The van der Waals surface area contributed by atoms with E-state index in [1.807, 2.05) is 4.90 Å². The van der Waals surface area contributed by atoms with Gasteiger partial charge in [0.25, 0.3) is 10.0 Å². The second kappa shape index (κ2) is 8.01. The van der Waals surface area contributed by atoms with Crippen LogP contribution in [0.5, 0.6) is 0 Å². The van der Waals surface area contributed by atoms with Gasteiger partial charge < -0.3 is 5.32 Å². The van der Waals surface area contributed by atoms with Crippen LogP contribution >= 0.6 is 11.3 Å². The van der Waals surface area contributed by atoms with Crippen LogP contribution in [0.3, 0.4) is 0 Å². The Labute approximate surface area is 160 Å². The fourth-order valence-electron chi connectivity index (χ4n) is 2.86. The fourth-order valence-corrected chi connectivity index (χ4v) is 5.43. The number of halogens is 2. The molecule has 2 heterocycles. The van der Waals surface area contributed by atoms with E-state index in [2.05, 4.69) is 5.32 Å². The van der Waals surface area contributed by atoms with Gasteiger partial charge in [-0.05, 0) is 30.5 Å².